The summed E-state index contributed by atoms with van der Waals surface area (Å²) in [5.41, 5.74) is 1.28. The second-order valence-corrected chi connectivity index (χ2v) is 3.09. The van der Waals surface area contributed by atoms with Crippen molar-refractivity contribution in [1.29, 1.82) is 0 Å². The second kappa shape index (κ2) is 6.16. The van der Waals surface area contributed by atoms with Crippen molar-refractivity contribution < 1.29 is 14.8 Å². The number of quaternary nitrogens is 1. The summed E-state index contributed by atoms with van der Waals surface area (Å²) in [6.07, 6.45) is 0.476. The molecular formula is C11H16NO2+. The van der Waals surface area contributed by atoms with Crippen LogP contribution in [0.15, 0.2) is 30.3 Å². The van der Waals surface area contributed by atoms with E-state index in [9.17, 15) is 4.79 Å². The number of esters is 1. The Morgan fingerprint density at radius 3 is 2.71 bits per heavy atom. The van der Waals surface area contributed by atoms with E-state index >= 15 is 0 Å². The van der Waals surface area contributed by atoms with Gasteiger partial charge in [-0.15, -0.1) is 0 Å². The molecule has 0 amide bonds. The van der Waals surface area contributed by atoms with E-state index in [-0.39, 0.29) is 5.97 Å². The van der Waals surface area contributed by atoms with Gasteiger partial charge in [0.05, 0.1) is 20.1 Å². The quantitative estimate of drug-likeness (QED) is 0.541. The summed E-state index contributed by atoms with van der Waals surface area (Å²) in [5, 5.41) is 2.10. The van der Waals surface area contributed by atoms with Crippen LogP contribution in [-0.2, 0) is 16.1 Å². The maximum atomic E-state index is 10.8. The Hall–Kier alpha value is -1.35. The van der Waals surface area contributed by atoms with Gasteiger partial charge >= 0.3 is 5.97 Å². The van der Waals surface area contributed by atoms with Gasteiger partial charge in [-0.25, -0.2) is 0 Å². The van der Waals surface area contributed by atoms with Crippen LogP contribution in [-0.4, -0.2) is 19.6 Å². The summed E-state index contributed by atoms with van der Waals surface area (Å²) in [5.74, 6) is -0.144. The average molecular weight is 194 g/mol. The molecule has 3 heteroatoms. The first-order valence-electron chi connectivity index (χ1n) is 4.75. The van der Waals surface area contributed by atoms with Gasteiger partial charge in [0, 0.05) is 5.56 Å². The molecule has 0 radical (unpaired) electrons. The van der Waals surface area contributed by atoms with E-state index in [0.717, 1.165) is 13.1 Å². The number of nitrogens with two attached hydrogens (primary N) is 1. The molecule has 3 nitrogen and oxygen atoms in total. The summed E-state index contributed by atoms with van der Waals surface area (Å²) in [6, 6.07) is 10.2. The van der Waals surface area contributed by atoms with E-state index in [2.05, 4.69) is 22.2 Å². The number of rotatable bonds is 5. The Labute approximate surface area is 84.1 Å². The molecule has 0 aliphatic rings. The van der Waals surface area contributed by atoms with Gasteiger partial charge in [-0.05, 0) is 0 Å². The number of hydrogen-bond donors (Lipinski definition) is 1. The molecule has 0 saturated carbocycles. The minimum Gasteiger partial charge on any atom is -0.469 e. The standard InChI is InChI=1S/C11H15NO2/c1-14-11(13)7-8-12-9-10-5-3-2-4-6-10/h2-6,12H,7-9H2,1H3/p+1. The molecule has 1 rings (SSSR count). The van der Waals surface area contributed by atoms with Crippen molar-refractivity contribution in [3.63, 3.8) is 0 Å². The molecule has 0 atom stereocenters. The van der Waals surface area contributed by atoms with Crippen LogP contribution < -0.4 is 5.32 Å². The lowest BCUT2D eigenvalue weighted by molar-refractivity contribution is -0.669. The lowest BCUT2D eigenvalue weighted by Crippen LogP contribution is -2.82. The lowest BCUT2D eigenvalue weighted by atomic mass is 10.2. The molecule has 1 aromatic rings. The Kier molecular flexibility index (Phi) is 4.72. The zero-order valence-corrected chi connectivity index (χ0v) is 8.40. The summed E-state index contributed by atoms with van der Waals surface area (Å²) in [4.78, 5) is 10.8. The highest BCUT2D eigenvalue weighted by molar-refractivity contribution is 5.69. The summed E-state index contributed by atoms with van der Waals surface area (Å²) in [7, 11) is 1.42. The third kappa shape index (κ3) is 4.05. The molecule has 0 aliphatic heterocycles. The van der Waals surface area contributed by atoms with Crippen molar-refractivity contribution >= 4 is 5.97 Å². The van der Waals surface area contributed by atoms with Gasteiger partial charge in [0.1, 0.15) is 6.54 Å². The highest BCUT2D eigenvalue weighted by Crippen LogP contribution is 1.94. The van der Waals surface area contributed by atoms with Crippen LogP contribution in [0.3, 0.4) is 0 Å². The zero-order valence-electron chi connectivity index (χ0n) is 8.40. The zero-order chi connectivity index (χ0) is 10.2. The molecule has 0 aliphatic carbocycles. The van der Waals surface area contributed by atoms with Gasteiger partial charge in [-0.3, -0.25) is 4.79 Å². The van der Waals surface area contributed by atoms with E-state index < -0.39 is 0 Å². The fourth-order valence-electron chi connectivity index (χ4n) is 1.20. The SMILES string of the molecule is COC(=O)CC[NH2+]Cc1ccccc1. The van der Waals surface area contributed by atoms with Crippen molar-refractivity contribution in [3.05, 3.63) is 35.9 Å². The van der Waals surface area contributed by atoms with E-state index in [4.69, 9.17) is 0 Å². The van der Waals surface area contributed by atoms with Crippen molar-refractivity contribution in [3.8, 4) is 0 Å². The minimum atomic E-state index is -0.144. The third-order valence-corrected chi connectivity index (χ3v) is 2.00. The molecule has 0 bridgehead atoms. The van der Waals surface area contributed by atoms with E-state index in [1.54, 1.807) is 0 Å². The van der Waals surface area contributed by atoms with E-state index in [0.29, 0.717) is 6.42 Å². The molecule has 76 valence electrons. The maximum absolute atomic E-state index is 10.8. The van der Waals surface area contributed by atoms with Crippen molar-refractivity contribution in [2.75, 3.05) is 13.7 Å². The molecule has 1 aromatic carbocycles. The molecule has 0 saturated heterocycles. The van der Waals surface area contributed by atoms with Crippen LogP contribution in [0.1, 0.15) is 12.0 Å². The first-order valence-corrected chi connectivity index (χ1v) is 4.75. The first kappa shape index (κ1) is 10.7. The fourth-order valence-corrected chi connectivity index (χ4v) is 1.20. The van der Waals surface area contributed by atoms with Gasteiger partial charge in [0.15, 0.2) is 0 Å². The molecule has 2 N–H and O–H groups in total. The molecule has 0 fully saturated rings. The Morgan fingerprint density at radius 1 is 1.36 bits per heavy atom. The third-order valence-electron chi connectivity index (χ3n) is 2.00. The van der Waals surface area contributed by atoms with Gasteiger partial charge in [-0.2, -0.15) is 0 Å². The van der Waals surface area contributed by atoms with Crippen LogP contribution in [0.4, 0.5) is 0 Å². The van der Waals surface area contributed by atoms with Crippen LogP contribution >= 0.6 is 0 Å². The molecule has 0 heterocycles. The predicted octanol–water partition coefficient (Wildman–Crippen LogP) is 0.313. The number of carbonyl (C=O) groups excluding carboxylic acids is 1. The number of methoxy groups -OCH3 is 1. The topological polar surface area (TPSA) is 42.9 Å². The monoisotopic (exact) mass is 194 g/mol. The number of benzene rings is 1. The normalized spacial score (nSPS) is 9.79. The van der Waals surface area contributed by atoms with Crippen molar-refractivity contribution in [2.24, 2.45) is 0 Å². The Balaban J connectivity index is 2.13. The van der Waals surface area contributed by atoms with E-state index in [1.165, 1.54) is 12.7 Å². The fraction of sp³-hybridized carbons (Fsp3) is 0.364. The maximum Gasteiger partial charge on any atom is 0.311 e. The summed E-state index contributed by atoms with van der Waals surface area (Å²) in [6.45, 7) is 1.69. The lowest BCUT2D eigenvalue weighted by Gasteiger charge is -2.00. The van der Waals surface area contributed by atoms with Crippen LogP contribution in [0.2, 0.25) is 0 Å². The number of carbonyl (C=O) groups is 1. The number of hydrogen-bond acceptors (Lipinski definition) is 2. The molecule has 0 spiro atoms. The predicted molar refractivity (Wildman–Crippen MR) is 53.6 cm³/mol. The Bertz CT molecular complexity index is 272. The first-order chi connectivity index (χ1) is 6.83. The molecule has 0 unspecified atom stereocenters. The van der Waals surface area contributed by atoms with Crippen LogP contribution in [0.5, 0.6) is 0 Å². The van der Waals surface area contributed by atoms with Gasteiger partial charge in [0.2, 0.25) is 0 Å². The van der Waals surface area contributed by atoms with E-state index in [1.807, 2.05) is 18.2 Å². The van der Waals surface area contributed by atoms with Crippen LogP contribution in [0.25, 0.3) is 0 Å². The van der Waals surface area contributed by atoms with Crippen molar-refractivity contribution in [1.82, 2.24) is 0 Å². The average Bonchev–Trinajstić information content (AvgIpc) is 2.25. The van der Waals surface area contributed by atoms with Crippen molar-refractivity contribution in [2.45, 2.75) is 13.0 Å². The largest absolute Gasteiger partial charge is 0.469 e. The highest BCUT2D eigenvalue weighted by atomic mass is 16.5. The molecule has 14 heavy (non-hydrogen) atoms. The molecular weight excluding hydrogens is 178 g/mol. The summed E-state index contributed by atoms with van der Waals surface area (Å²) >= 11 is 0. The Morgan fingerprint density at radius 2 is 2.07 bits per heavy atom. The van der Waals surface area contributed by atoms with Gasteiger partial charge < -0.3 is 10.1 Å². The number of ether oxygens (including phenoxy) is 1. The van der Waals surface area contributed by atoms with Gasteiger partial charge in [-0.1, -0.05) is 30.3 Å². The summed E-state index contributed by atoms with van der Waals surface area (Å²) < 4.78 is 4.54. The van der Waals surface area contributed by atoms with Crippen LogP contribution in [0, 0.1) is 0 Å². The van der Waals surface area contributed by atoms with Gasteiger partial charge in [0.25, 0.3) is 0 Å². The smallest absolute Gasteiger partial charge is 0.311 e. The second-order valence-electron chi connectivity index (χ2n) is 3.09. The highest BCUT2D eigenvalue weighted by Gasteiger charge is 2.00. The minimum absolute atomic E-state index is 0.144. The molecule has 0 aromatic heterocycles.